The van der Waals surface area contributed by atoms with Crippen molar-refractivity contribution < 1.29 is 14.6 Å². The first-order valence-electron chi connectivity index (χ1n) is 9.24. The Kier molecular flexibility index (Phi) is 6.10. The lowest BCUT2D eigenvalue weighted by Crippen LogP contribution is -2.37. The zero-order chi connectivity index (χ0) is 20.4. The number of aliphatic hydroxyl groups excluding tert-OH is 1. The average molecular weight is 374 g/mol. The molecule has 1 aromatic carbocycles. The third kappa shape index (κ3) is 4.56. The maximum absolute atomic E-state index is 13.3. The number of benzene rings is 1. The average Bonchev–Trinajstić information content (AvgIpc) is 2.60. The molecule has 0 radical (unpaired) electrons. The second kappa shape index (κ2) is 7.80. The van der Waals surface area contributed by atoms with Crippen LogP contribution in [0.15, 0.2) is 23.0 Å². The number of ether oxygens (including phenoxy) is 1. The first-order chi connectivity index (χ1) is 12.5. The van der Waals surface area contributed by atoms with E-state index in [1.807, 2.05) is 34.6 Å². The van der Waals surface area contributed by atoms with Crippen LogP contribution in [0, 0.1) is 5.41 Å². The Morgan fingerprint density at radius 1 is 1.22 bits per heavy atom. The molecule has 2 rings (SSSR count). The highest BCUT2D eigenvalue weighted by atomic mass is 16.5. The number of rotatable bonds is 7. The molecule has 0 aliphatic rings. The van der Waals surface area contributed by atoms with Crippen LogP contribution < -0.4 is 10.3 Å². The number of aromatic nitrogens is 2. The number of aliphatic hydroxyl groups is 1. The van der Waals surface area contributed by atoms with Gasteiger partial charge in [0.2, 0.25) is 0 Å². The van der Waals surface area contributed by atoms with Crippen LogP contribution in [0.5, 0.6) is 5.75 Å². The summed E-state index contributed by atoms with van der Waals surface area (Å²) in [6.45, 7) is 9.46. The van der Waals surface area contributed by atoms with Crippen molar-refractivity contribution in [3.05, 3.63) is 34.2 Å². The van der Waals surface area contributed by atoms with Gasteiger partial charge in [0.25, 0.3) is 5.56 Å². The molecule has 0 spiro atoms. The summed E-state index contributed by atoms with van der Waals surface area (Å²) >= 11 is 0. The number of carbonyl (C=O) groups is 1. The molecule has 27 heavy (non-hydrogen) atoms. The van der Waals surface area contributed by atoms with E-state index in [-0.39, 0.29) is 24.5 Å². The largest absolute Gasteiger partial charge is 0.497 e. The third-order valence-corrected chi connectivity index (χ3v) is 4.89. The van der Waals surface area contributed by atoms with Gasteiger partial charge in [0.05, 0.1) is 24.7 Å². The van der Waals surface area contributed by atoms with Crippen molar-refractivity contribution in [3.63, 3.8) is 0 Å². The van der Waals surface area contributed by atoms with E-state index in [2.05, 4.69) is 4.98 Å². The molecule has 1 aromatic heterocycles. The maximum atomic E-state index is 13.3. The molecular weight excluding hydrogens is 344 g/mol. The fourth-order valence-electron chi connectivity index (χ4n) is 2.96. The number of hydrogen-bond donors (Lipinski definition) is 1. The van der Waals surface area contributed by atoms with Crippen molar-refractivity contribution in [3.8, 4) is 5.75 Å². The molecule has 1 heterocycles. The van der Waals surface area contributed by atoms with Gasteiger partial charge in [0.1, 0.15) is 11.4 Å². The standard InChI is InChI=1S/C21H30N2O4/c1-20(2,3)17(25)13-23-16-12-14(27-6)8-9-15(16)22-18(19(23)26)21(4,5)10-7-11-24/h8-9,12,24H,7,10-11,13H2,1-6H3. The van der Waals surface area contributed by atoms with Gasteiger partial charge < -0.3 is 9.84 Å². The molecular formula is C21H30N2O4. The number of carbonyl (C=O) groups excluding carboxylic acids is 1. The van der Waals surface area contributed by atoms with Crippen LogP contribution in [0.3, 0.4) is 0 Å². The van der Waals surface area contributed by atoms with E-state index in [1.54, 1.807) is 25.3 Å². The molecule has 6 nitrogen and oxygen atoms in total. The predicted octanol–water partition coefficient (Wildman–Crippen LogP) is 3.07. The van der Waals surface area contributed by atoms with Crippen molar-refractivity contribution in [1.29, 1.82) is 0 Å². The summed E-state index contributed by atoms with van der Waals surface area (Å²) in [5.74, 6) is 0.576. The molecule has 0 unspecified atom stereocenters. The minimum atomic E-state index is -0.555. The predicted molar refractivity (Wildman–Crippen MR) is 106 cm³/mol. The lowest BCUT2D eigenvalue weighted by atomic mass is 9.84. The van der Waals surface area contributed by atoms with Gasteiger partial charge in [-0.05, 0) is 25.0 Å². The van der Waals surface area contributed by atoms with Gasteiger partial charge in [0, 0.05) is 23.5 Å². The molecule has 6 heteroatoms. The molecule has 0 aliphatic carbocycles. The minimum absolute atomic E-state index is 0.0163. The second-order valence-electron chi connectivity index (χ2n) is 8.59. The topological polar surface area (TPSA) is 81.4 Å². The minimum Gasteiger partial charge on any atom is -0.497 e. The SMILES string of the molecule is COc1ccc2nc(C(C)(C)CCCO)c(=O)n(CC(=O)C(C)(C)C)c2c1. The number of Topliss-reactive ketones (excluding diaryl/α,β-unsaturated/α-hetero) is 1. The van der Waals surface area contributed by atoms with Crippen LogP contribution in [0.1, 0.15) is 53.2 Å². The van der Waals surface area contributed by atoms with Crippen LogP contribution in [0.4, 0.5) is 0 Å². The van der Waals surface area contributed by atoms with E-state index in [4.69, 9.17) is 4.74 Å². The Hall–Kier alpha value is -2.21. The zero-order valence-electron chi connectivity index (χ0n) is 17.1. The van der Waals surface area contributed by atoms with Crippen molar-refractivity contribution in [1.82, 2.24) is 9.55 Å². The molecule has 0 atom stereocenters. The normalized spacial score (nSPS) is 12.4. The van der Waals surface area contributed by atoms with Gasteiger partial charge in [-0.25, -0.2) is 4.98 Å². The molecule has 0 saturated carbocycles. The highest BCUT2D eigenvalue weighted by Gasteiger charge is 2.29. The molecule has 1 N–H and O–H groups in total. The van der Waals surface area contributed by atoms with Crippen LogP contribution in [-0.4, -0.2) is 34.2 Å². The van der Waals surface area contributed by atoms with Gasteiger partial charge in [-0.3, -0.25) is 14.2 Å². The van der Waals surface area contributed by atoms with E-state index in [0.717, 1.165) is 0 Å². The van der Waals surface area contributed by atoms with E-state index in [1.165, 1.54) is 4.57 Å². The first-order valence-corrected chi connectivity index (χ1v) is 9.24. The molecule has 148 valence electrons. The Balaban J connectivity index is 2.72. The van der Waals surface area contributed by atoms with Crippen molar-refractivity contribution in [2.75, 3.05) is 13.7 Å². The summed E-state index contributed by atoms with van der Waals surface area (Å²) in [7, 11) is 1.56. The second-order valence-corrected chi connectivity index (χ2v) is 8.59. The van der Waals surface area contributed by atoms with Gasteiger partial charge in [0.15, 0.2) is 5.78 Å². The van der Waals surface area contributed by atoms with Crippen LogP contribution in [0.25, 0.3) is 11.0 Å². The molecule has 0 amide bonds. The van der Waals surface area contributed by atoms with Crippen LogP contribution in [-0.2, 0) is 16.8 Å². The van der Waals surface area contributed by atoms with Gasteiger partial charge >= 0.3 is 0 Å². The van der Waals surface area contributed by atoms with Crippen molar-refractivity contribution in [2.24, 2.45) is 5.41 Å². The van der Waals surface area contributed by atoms with Gasteiger partial charge in [-0.1, -0.05) is 34.6 Å². The lowest BCUT2D eigenvalue weighted by Gasteiger charge is -2.25. The number of methoxy groups -OCH3 is 1. The monoisotopic (exact) mass is 374 g/mol. The lowest BCUT2D eigenvalue weighted by molar-refractivity contribution is -0.126. The van der Waals surface area contributed by atoms with E-state index in [9.17, 15) is 14.7 Å². The van der Waals surface area contributed by atoms with E-state index < -0.39 is 10.8 Å². The number of hydrogen-bond acceptors (Lipinski definition) is 5. The molecule has 0 fully saturated rings. The summed E-state index contributed by atoms with van der Waals surface area (Å²) in [6, 6.07) is 5.34. The third-order valence-electron chi connectivity index (χ3n) is 4.89. The van der Waals surface area contributed by atoms with Crippen LogP contribution >= 0.6 is 0 Å². The summed E-state index contributed by atoms with van der Waals surface area (Å²) in [5.41, 5.74) is 0.301. The Bertz CT molecular complexity index is 891. The summed E-state index contributed by atoms with van der Waals surface area (Å²) < 4.78 is 6.79. The Morgan fingerprint density at radius 3 is 2.44 bits per heavy atom. The molecule has 0 saturated heterocycles. The van der Waals surface area contributed by atoms with Gasteiger partial charge in [-0.2, -0.15) is 0 Å². The summed E-state index contributed by atoms with van der Waals surface area (Å²) in [5, 5.41) is 9.18. The highest BCUT2D eigenvalue weighted by Crippen LogP contribution is 2.27. The number of fused-ring (bicyclic) bond motifs is 1. The Labute approximate surface area is 160 Å². The molecule has 2 aromatic rings. The first kappa shape index (κ1) is 21.1. The van der Waals surface area contributed by atoms with Crippen molar-refractivity contribution in [2.45, 2.75) is 59.4 Å². The highest BCUT2D eigenvalue weighted by molar-refractivity contribution is 5.85. The van der Waals surface area contributed by atoms with Gasteiger partial charge in [-0.15, -0.1) is 0 Å². The Morgan fingerprint density at radius 2 is 1.89 bits per heavy atom. The van der Waals surface area contributed by atoms with E-state index in [0.29, 0.717) is 35.3 Å². The van der Waals surface area contributed by atoms with E-state index >= 15 is 0 Å². The fourth-order valence-corrected chi connectivity index (χ4v) is 2.96. The zero-order valence-corrected chi connectivity index (χ0v) is 17.1. The summed E-state index contributed by atoms with van der Waals surface area (Å²) in [6.07, 6.45) is 1.20. The fraction of sp³-hybridized carbons (Fsp3) is 0.571. The number of nitrogens with zero attached hydrogens (tertiary/aromatic N) is 2. The van der Waals surface area contributed by atoms with Crippen molar-refractivity contribution >= 4 is 16.8 Å². The van der Waals surface area contributed by atoms with Crippen LogP contribution in [0.2, 0.25) is 0 Å². The summed E-state index contributed by atoms with van der Waals surface area (Å²) in [4.78, 5) is 30.6. The smallest absolute Gasteiger partial charge is 0.273 e. The molecule has 0 bridgehead atoms. The molecule has 0 aliphatic heterocycles. The quantitative estimate of drug-likeness (QED) is 0.805. The number of ketones is 1. The maximum Gasteiger partial charge on any atom is 0.273 e.